The van der Waals surface area contributed by atoms with Crippen molar-refractivity contribution in [3.63, 3.8) is 0 Å². The third kappa shape index (κ3) is 14.7. The first-order valence-electron chi connectivity index (χ1n) is 4.64. The molecule has 2 N–H and O–H groups in total. The number of hydrogen-bond acceptors (Lipinski definition) is 4. The average molecular weight is 363 g/mol. The Kier molecular flexibility index (Phi) is 11.0. The van der Waals surface area contributed by atoms with E-state index in [0.717, 1.165) is 13.8 Å². The van der Waals surface area contributed by atoms with E-state index in [-0.39, 0.29) is 29.2 Å². The molecule has 0 bridgehead atoms. The van der Waals surface area contributed by atoms with Crippen LogP contribution >= 0.6 is 0 Å². The van der Waals surface area contributed by atoms with Gasteiger partial charge in [-0.05, 0) is 13.8 Å². The van der Waals surface area contributed by atoms with E-state index < -0.39 is 35.4 Å². The molecule has 0 unspecified atom stereocenters. The molecule has 0 aliphatic heterocycles. The molecule has 1 radical (unpaired) electrons. The van der Waals surface area contributed by atoms with Gasteiger partial charge in [0.15, 0.2) is 11.6 Å². The first kappa shape index (κ1) is 24.5. The summed E-state index contributed by atoms with van der Waals surface area (Å²) in [5.41, 5.74) is 0. The predicted octanol–water partition coefficient (Wildman–Crippen LogP) is 3.16. The maximum absolute atomic E-state index is 11.3. The number of hydrogen-bond donors (Lipinski definition) is 2. The van der Waals surface area contributed by atoms with E-state index in [9.17, 15) is 35.9 Å². The van der Waals surface area contributed by atoms with Gasteiger partial charge in [0.1, 0.15) is 0 Å². The van der Waals surface area contributed by atoms with E-state index >= 15 is 0 Å². The van der Waals surface area contributed by atoms with Gasteiger partial charge in [-0.3, -0.25) is 9.59 Å². The number of allylic oxidation sites excluding steroid dienone is 4. The number of halogens is 6. The van der Waals surface area contributed by atoms with Gasteiger partial charge < -0.3 is 10.2 Å². The zero-order valence-electron chi connectivity index (χ0n) is 10.5. The molecule has 0 heterocycles. The minimum Gasteiger partial charge on any atom is -0.504 e. The summed E-state index contributed by atoms with van der Waals surface area (Å²) in [7, 11) is 0. The smallest absolute Gasteiger partial charge is 0.448 e. The van der Waals surface area contributed by atoms with Crippen molar-refractivity contribution in [2.45, 2.75) is 26.2 Å². The largest absolute Gasteiger partial charge is 0.504 e. The quantitative estimate of drug-likeness (QED) is 0.342. The summed E-state index contributed by atoms with van der Waals surface area (Å²) in [6.07, 6.45) is -9.38. The van der Waals surface area contributed by atoms with Crippen molar-refractivity contribution < 1.29 is 63.2 Å². The molecule has 0 aliphatic rings. The van der Waals surface area contributed by atoms with Crippen LogP contribution in [0.2, 0.25) is 0 Å². The van der Waals surface area contributed by atoms with Crippen LogP contribution in [0.4, 0.5) is 26.3 Å². The zero-order chi connectivity index (χ0) is 16.7. The minimum atomic E-state index is -4.81. The number of aliphatic hydroxyl groups excluding tert-OH is 2. The summed E-state index contributed by atoms with van der Waals surface area (Å²) in [6.45, 7) is 1.84. The molecule has 0 aromatic carbocycles. The van der Waals surface area contributed by atoms with E-state index in [4.69, 9.17) is 10.2 Å². The van der Waals surface area contributed by atoms with Gasteiger partial charge in [-0.15, -0.1) is 0 Å². The molecule has 0 aromatic heterocycles. The number of aliphatic hydroxyl groups is 2. The molecule has 0 amide bonds. The Balaban J connectivity index is -0.000000295. The molecule has 0 spiro atoms. The first-order chi connectivity index (χ1) is 8.67. The van der Waals surface area contributed by atoms with Crippen LogP contribution in [-0.2, 0) is 26.7 Å². The Hall–Kier alpha value is -1.48. The Morgan fingerprint density at radius 3 is 1.00 bits per heavy atom. The van der Waals surface area contributed by atoms with E-state index in [2.05, 4.69) is 0 Å². The van der Waals surface area contributed by atoms with Crippen LogP contribution in [0, 0.1) is 0 Å². The Bertz CT molecular complexity index is 382. The third-order valence-corrected chi connectivity index (χ3v) is 1.26. The molecular weight excluding hydrogens is 353 g/mol. The van der Waals surface area contributed by atoms with Crippen LogP contribution in [0.25, 0.3) is 0 Å². The molecule has 0 saturated carbocycles. The second-order valence-electron chi connectivity index (χ2n) is 3.28. The van der Waals surface area contributed by atoms with Crippen LogP contribution in [0.3, 0.4) is 0 Å². The van der Waals surface area contributed by atoms with Crippen LogP contribution in [0.15, 0.2) is 23.7 Å². The van der Waals surface area contributed by atoms with Crippen molar-refractivity contribution >= 4 is 11.6 Å². The standard InChI is InChI=1S/2C5H5F3O2.Mn/c2*1-3(9)2-4(10)5(6,7)8;/h2*2,10H,1H3;. The Morgan fingerprint density at radius 1 is 0.762 bits per heavy atom. The molecule has 0 fully saturated rings. The number of carbonyl (C=O) groups is 2. The maximum Gasteiger partial charge on any atom is 0.448 e. The molecule has 0 atom stereocenters. The van der Waals surface area contributed by atoms with Crippen molar-refractivity contribution in [1.29, 1.82) is 0 Å². The van der Waals surface area contributed by atoms with Crippen molar-refractivity contribution in [2.75, 3.05) is 0 Å². The number of carbonyl (C=O) groups excluding carboxylic acids is 2. The molecule has 21 heavy (non-hydrogen) atoms. The van der Waals surface area contributed by atoms with Gasteiger partial charge in [-0.1, -0.05) is 0 Å². The average Bonchev–Trinajstić information content (AvgIpc) is 2.13. The second-order valence-corrected chi connectivity index (χ2v) is 3.28. The first-order valence-corrected chi connectivity index (χ1v) is 4.64. The minimum absolute atomic E-state index is 0. The summed E-state index contributed by atoms with van der Waals surface area (Å²) in [5, 5.41) is 16.1. The fraction of sp³-hybridized carbons (Fsp3) is 0.400. The summed E-state index contributed by atoms with van der Waals surface area (Å²) < 4.78 is 68.0. The fourth-order valence-corrected chi connectivity index (χ4v) is 0.549. The maximum atomic E-state index is 11.3. The zero-order valence-corrected chi connectivity index (χ0v) is 11.7. The SMILES string of the molecule is CC(=O)C=C(O)C(F)(F)F.CC(=O)C=C(O)C(F)(F)F.[Mn]. The van der Waals surface area contributed by atoms with Crippen LogP contribution in [0.5, 0.6) is 0 Å². The number of rotatable bonds is 2. The molecule has 0 saturated heterocycles. The molecule has 0 aromatic rings. The van der Waals surface area contributed by atoms with E-state index in [1.807, 2.05) is 0 Å². The Labute approximate surface area is 125 Å². The van der Waals surface area contributed by atoms with Crippen molar-refractivity contribution in [3.8, 4) is 0 Å². The van der Waals surface area contributed by atoms with Gasteiger partial charge in [-0.2, -0.15) is 26.3 Å². The van der Waals surface area contributed by atoms with Crippen molar-refractivity contribution in [1.82, 2.24) is 0 Å². The van der Waals surface area contributed by atoms with Crippen molar-refractivity contribution in [3.05, 3.63) is 23.7 Å². The van der Waals surface area contributed by atoms with Gasteiger partial charge in [0, 0.05) is 29.2 Å². The second kappa shape index (κ2) is 9.45. The molecule has 4 nitrogen and oxygen atoms in total. The van der Waals surface area contributed by atoms with Gasteiger partial charge in [-0.25, -0.2) is 0 Å². The van der Waals surface area contributed by atoms with Gasteiger partial charge in [0.25, 0.3) is 0 Å². The molecule has 123 valence electrons. The summed E-state index contributed by atoms with van der Waals surface area (Å²) in [5.74, 6) is -5.40. The number of alkyl halides is 6. The van der Waals surface area contributed by atoms with Gasteiger partial charge in [0.05, 0.1) is 0 Å². The van der Waals surface area contributed by atoms with Gasteiger partial charge in [0.2, 0.25) is 11.5 Å². The monoisotopic (exact) mass is 363 g/mol. The molecular formula is C10H10F6MnO4. The normalized spacial score (nSPS) is 12.8. The Morgan fingerprint density at radius 2 is 0.952 bits per heavy atom. The predicted molar refractivity (Wildman–Crippen MR) is 54.9 cm³/mol. The van der Waals surface area contributed by atoms with Crippen LogP contribution in [0.1, 0.15) is 13.8 Å². The van der Waals surface area contributed by atoms with Crippen LogP contribution in [-0.4, -0.2) is 34.1 Å². The molecule has 0 aliphatic carbocycles. The number of ketones is 2. The van der Waals surface area contributed by atoms with Gasteiger partial charge >= 0.3 is 12.4 Å². The third-order valence-electron chi connectivity index (χ3n) is 1.26. The summed E-state index contributed by atoms with van der Waals surface area (Å²) in [4.78, 5) is 19.9. The van der Waals surface area contributed by atoms with E-state index in [0.29, 0.717) is 0 Å². The van der Waals surface area contributed by atoms with E-state index in [1.54, 1.807) is 0 Å². The topological polar surface area (TPSA) is 74.6 Å². The molecule has 0 rings (SSSR count). The summed E-state index contributed by atoms with van der Waals surface area (Å²) in [6, 6.07) is 0. The summed E-state index contributed by atoms with van der Waals surface area (Å²) >= 11 is 0. The fourth-order valence-electron chi connectivity index (χ4n) is 0.549. The van der Waals surface area contributed by atoms with Crippen molar-refractivity contribution in [2.24, 2.45) is 0 Å². The van der Waals surface area contributed by atoms with E-state index in [1.165, 1.54) is 0 Å². The molecule has 11 heteroatoms. The van der Waals surface area contributed by atoms with Crippen LogP contribution < -0.4 is 0 Å².